The lowest BCUT2D eigenvalue weighted by atomic mass is 10.2. The predicted octanol–water partition coefficient (Wildman–Crippen LogP) is 2.28. The molecule has 0 unspecified atom stereocenters. The highest BCUT2D eigenvalue weighted by molar-refractivity contribution is 9.10. The van der Waals surface area contributed by atoms with Crippen LogP contribution in [-0.2, 0) is 0 Å². The minimum Gasteiger partial charge on any atom is -0.389 e. The molecular weight excluding hydrogens is 300 g/mol. The van der Waals surface area contributed by atoms with Crippen molar-refractivity contribution in [2.45, 2.75) is 13.8 Å². The van der Waals surface area contributed by atoms with Gasteiger partial charge >= 0.3 is 0 Å². The van der Waals surface area contributed by atoms with E-state index in [0.29, 0.717) is 4.99 Å². The van der Waals surface area contributed by atoms with Crippen LogP contribution in [0, 0.1) is 13.8 Å². The third kappa shape index (κ3) is 2.10. The van der Waals surface area contributed by atoms with Crippen LogP contribution in [0.25, 0.3) is 5.69 Å². The van der Waals surface area contributed by atoms with Gasteiger partial charge in [-0.15, -0.1) is 0 Å². The summed E-state index contributed by atoms with van der Waals surface area (Å²) in [5, 5.41) is 4.44. The molecule has 2 rings (SSSR count). The molecule has 0 amide bonds. The van der Waals surface area contributed by atoms with Crippen LogP contribution >= 0.6 is 28.1 Å². The second-order valence-electron chi connectivity index (χ2n) is 3.65. The summed E-state index contributed by atoms with van der Waals surface area (Å²) in [4.78, 5) is 4.43. The van der Waals surface area contributed by atoms with Crippen LogP contribution in [-0.4, -0.2) is 19.8 Å². The van der Waals surface area contributed by atoms with Crippen molar-refractivity contribution in [1.29, 1.82) is 0 Å². The molecule has 2 aromatic rings. The number of hydrogen-bond acceptors (Lipinski definition) is 3. The minimum absolute atomic E-state index is 0.339. The Morgan fingerprint density at radius 1 is 1.47 bits per heavy atom. The average molecular weight is 311 g/mol. The highest BCUT2D eigenvalue weighted by Crippen LogP contribution is 2.24. The number of aromatic nitrogens is 3. The van der Waals surface area contributed by atoms with Crippen molar-refractivity contribution in [2.24, 2.45) is 5.73 Å². The number of thiocarbonyl (C=S) groups is 1. The zero-order chi connectivity index (χ0) is 12.6. The van der Waals surface area contributed by atoms with Crippen molar-refractivity contribution in [2.75, 3.05) is 0 Å². The molecule has 0 aliphatic rings. The molecule has 0 radical (unpaired) electrons. The lowest BCUT2D eigenvalue weighted by molar-refractivity contribution is 0.827. The summed E-state index contributed by atoms with van der Waals surface area (Å²) < 4.78 is 2.77. The smallest absolute Gasteiger partial charge is 0.106 e. The van der Waals surface area contributed by atoms with Gasteiger partial charge in [-0.1, -0.05) is 12.2 Å². The standard InChI is InChI=1S/C11H11BrN4S/c1-6-10(12)7(2)16(15-6)9-5-14-4-3-8(9)11(13)17/h3-5H,1-2H3,(H2,13,17). The van der Waals surface area contributed by atoms with Crippen LogP contribution in [0.1, 0.15) is 17.0 Å². The van der Waals surface area contributed by atoms with Crippen LogP contribution in [0.5, 0.6) is 0 Å². The van der Waals surface area contributed by atoms with Crippen LogP contribution in [0.2, 0.25) is 0 Å². The molecule has 0 saturated heterocycles. The second kappa shape index (κ2) is 4.54. The highest BCUT2D eigenvalue weighted by atomic mass is 79.9. The van der Waals surface area contributed by atoms with E-state index in [1.165, 1.54) is 0 Å². The number of halogens is 1. The van der Waals surface area contributed by atoms with Gasteiger partial charge in [0.15, 0.2) is 0 Å². The van der Waals surface area contributed by atoms with Gasteiger partial charge in [0.05, 0.1) is 27.7 Å². The van der Waals surface area contributed by atoms with E-state index in [1.807, 2.05) is 13.8 Å². The fourth-order valence-corrected chi connectivity index (χ4v) is 2.04. The van der Waals surface area contributed by atoms with E-state index in [-0.39, 0.29) is 0 Å². The molecular formula is C11H11BrN4S. The molecule has 2 N–H and O–H groups in total. The normalized spacial score (nSPS) is 10.5. The van der Waals surface area contributed by atoms with Gasteiger partial charge in [-0.25, -0.2) is 4.68 Å². The molecule has 2 heterocycles. The van der Waals surface area contributed by atoms with Crippen molar-refractivity contribution in [1.82, 2.24) is 14.8 Å². The Labute approximate surface area is 113 Å². The molecule has 0 atom stereocenters. The van der Waals surface area contributed by atoms with Gasteiger partial charge in [0.1, 0.15) is 4.99 Å². The molecule has 0 aliphatic heterocycles. The maximum atomic E-state index is 5.70. The summed E-state index contributed by atoms with van der Waals surface area (Å²) in [5.74, 6) is 0. The van der Waals surface area contributed by atoms with Crippen LogP contribution in [0.4, 0.5) is 0 Å². The Balaban J connectivity index is 2.68. The van der Waals surface area contributed by atoms with Gasteiger partial charge < -0.3 is 5.73 Å². The molecule has 4 nitrogen and oxygen atoms in total. The van der Waals surface area contributed by atoms with Crippen LogP contribution < -0.4 is 5.73 Å². The summed E-state index contributed by atoms with van der Waals surface area (Å²) in [5.41, 5.74) is 9.18. The molecule has 17 heavy (non-hydrogen) atoms. The summed E-state index contributed by atoms with van der Waals surface area (Å²) >= 11 is 8.52. The second-order valence-corrected chi connectivity index (χ2v) is 4.89. The first-order valence-corrected chi connectivity index (χ1v) is 6.18. The third-order valence-corrected chi connectivity index (χ3v) is 3.86. The molecule has 2 aromatic heterocycles. The number of rotatable bonds is 2. The van der Waals surface area contributed by atoms with E-state index < -0.39 is 0 Å². The summed E-state index contributed by atoms with van der Waals surface area (Å²) in [6.07, 6.45) is 3.37. The van der Waals surface area contributed by atoms with E-state index in [9.17, 15) is 0 Å². The van der Waals surface area contributed by atoms with Gasteiger partial charge in [-0.2, -0.15) is 5.10 Å². The first-order chi connectivity index (χ1) is 8.02. The maximum absolute atomic E-state index is 5.70. The molecule has 0 bridgehead atoms. The molecule has 0 spiro atoms. The first-order valence-electron chi connectivity index (χ1n) is 4.98. The van der Waals surface area contributed by atoms with Gasteiger partial charge in [-0.05, 0) is 35.8 Å². The maximum Gasteiger partial charge on any atom is 0.106 e. The van der Waals surface area contributed by atoms with Gasteiger partial charge in [0, 0.05) is 11.8 Å². The van der Waals surface area contributed by atoms with Crippen LogP contribution in [0.15, 0.2) is 22.9 Å². The monoisotopic (exact) mass is 310 g/mol. The van der Waals surface area contributed by atoms with Crippen LogP contribution in [0.3, 0.4) is 0 Å². The molecule has 0 saturated carbocycles. The average Bonchev–Trinajstić information content (AvgIpc) is 2.57. The number of aryl methyl sites for hydroxylation is 1. The fourth-order valence-electron chi connectivity index (χ4n) is 1.62. The molecule has 0 fully saturated rings. The van der Waals surface area contributed by atoms with Crippen molar-refractivity contribution < 1.29 is 0 Å². The number of pyridine rings is 1. The minimum atomic E-state index is 0.339. The quantitative estimate of drug-likeness (QED) is 0.865. The predicted molar refractivity (Wildman–Crippen MR) is 74.4 cm³/mol. The SMILES string of the molecule is Cc1nn(-c2cnccc2C(N)=S)c(C)c1Br. The molecule has 6 heteroatoms. The summed E-state index contributed by atoms with van der Waals surface area (Å²) in [7, 11) is 0. The summed E-state index contributed by atoms with van der Waals surface area (Å²) in [6, 6.07) is 1.79. The Kier molecular flexibility index (Phi) is 3.26. The zero-order valence-electron chi connectivity index (χ0n) is 9.44. The van der Waals surface area contributed by atoms with E-state index in [4.69, 9.17) is 18.0 Å². The first kappa shape index (κ1) is 12.2. The Morgan fingerprint density at radius 2 is 2.18 bits per heavy atom. The Hall–Kier alpha value is -1.27. The van der Waals surface area contributed by atoms with Gasteiger partial charge in [0.25, 0.3) is 0 Å². The summed E-state index contributed by atoms with van der Waals surface area (Å²) in [6.45, 7) is 3.91. The number of hydrogen-bond donors (Lipinski definition) is 1. The van der Waals surface area contributed by atoms with Crippen molar-refractivity contribution in [3.63, 3.8) is 0 Å². The topological polar surface area (TPSA) is 56.7 Å². The van der Waals surface area contributed by atoms with Gasteiger partial charge in [-0.3, -0.25) is 4.98 Å². The molecule has 0 aromatic carbocycles. The number of nitrogens with zero attached hydrogens (tertiary/aromatic N) is 3. The van der Waals surface area contributed by atoms with E-state index in [0.717, 1.165) is 27.1 Å². The highest BCUT2D eigenvalue weighted by Gasteiger charge is 2.14. The Bertz CT molecular complexity index is 591. The van der Waals surface area contributed by atoms with Crippen molar-refractivity contribution in [3.05, 3.63) is 39.9 Å². The Morgan fingerprint density at radius 3 is 2.71 bits per heavy atom. The molecule has 0 aliphatic carbocycles. The van der Waals surface area contributed by atoms with Gasteiger partial charge in [0.2, 0.25) is 0 Å². The van der Waals surface area contributed by atoms with E-state index >= 15 is 0 Å². The third-order valence-electron chi connectivity index (χ3n) is 2.50. The largest absolute Gasteiger partial charge is 0.389 e. The number of nitrogens with two attached hydrogens (primary N) is 1. The molecule has 88 valence electrons. The lowest BCUT2D eigenvalue weighted by Gasteiger charge is -2.09. The zero-order valence-corrected chi connectivity index (χ0v) is 11.8. The van der Waals surface area contributed by atoms with E-state index in [2.05, 4.69) is 26.0 Å². The van der Waals surface area contributed by atoms with E-state index in [1.54, 1.807) is 23.1 Å². The van der Waals surface area contributed by atoms with Crippen molar-refractivity contribution >= 4 is 33.1 Å². The van der Waals surface area contributed by atoms with Crippen molar-refractivity contribution in [3.8, 4) is 5.69 Å². The fraction of sp³-hybridized carbons (Fsp3) is 0.182. The lowest BCUT2D eigenvalue weighted by Crippen LogP contribution is -2.14.